The lowest BCUT2D eigenvalue weighted by atomic mass is 10.0. The molecule has 1 fully saturated rings. The summed E-state index contributed by atoms with van der Waals surface area (Å²) < 4.78 is 0.946. The second-order valence-corrected chi connectivity index (χ2v) is 4.52. The Balaban J connectivity index is 2.30. The van der Waals surface area contributed by atoms with E-state index in [1.54, 1.807) is 0 Å². The number of hydrogen-bond donors (Lipinski definition) is 2. The number of amides is 1. The van der Waals surface area contributed by atoms with Crippen molar-refractivity contribution in [1.82, 2.24) is 0 Å². The van der Waals surface area contributed by atoms with E-state index in [1.165, 1.54) is 0 Å². The molecule has 0 saturated carbocycles. The van der Waals surface area contributed by atoms with Crippen LogP contribution in [0, 0.1) is 0 Å². The predicted molar refractivity (Wildman–Crippen MR) is 63.5 cm³/mol. The van der Waals surface area contributed by atoms with Crippen LogP contribution in [0.2, 0.25) is 0 Å². The SMILES string of the molecule is NC(=O)C1CCN1c1cc(Br)ccc1N. The number of carbonyl (C=O) groups is 1. The molecule has 1 aromatic carbocycles. The normalized spacial score (nSPS) is 19.8. The molecule has 1 aliphatic heterocycles. The first-order valence-electron chi connectivity index (χ1n) is 4.70. The highest BCUT2D eigenvalue weighted by molar-refractivity contribution is 9.10. The highest BCUT2D eigenvalue weighted by Crippen LogP contribution is 2.33. The number of anilines is 2. The van der Waals surface area contributed by atoms with Gasteiger partial charge in [0.15, 0.2) is 0 Å². The molecule has 80 valence electrons. The van der Waals surface area contributed by atoms with Gasteiger partial charge in [0.25, 0.3) is 0 Å². The van der Waals surface area contributed by atoms with Crippen molar-refractivity contribution in [3.05, 3.63) is 22.7 Å². The zero-order valence-corrected chi connectivity index (χ0v) is 9.70. The highest BCUT2D eigenvalue weighted by atomic mass is 79.9. The van der Waals surface area contributed by atoms with Gasteiger partial charge in [0, 0.05) is 11.0 Å². The Bertz CT molecular complexity index is 408. The maximum Gasteiger partial charge on any atom is 0.240 e. The van der Waals surface area contributed by atoms with Crippen molar-refractivity contribution >= 4 is 33.2 Å². The molecule has 0 aliphatic carbocycles. The molecule has 0 bridgehead atoms. The van der Waals surface area contributed by atoms with Gasteiger partial charge < -0.3 is 16.4 Å². The number of nitrogens with zero attached hydrogens (tertiary/aromatic N) is 1. The van der Waals surface area contributed by atoms with Crippen LogP contribution >= 0.6 is 15.9 Å². The zero-order chi connectivity index (χ0) is 11.0. The Morgan fingerprint density at radius 1 is 1.53 bits per heavy atom. The van der Waals surface area contributed by atoms with Crippen molar-refractivity contribution in [2.24, 2.45) is 5.73 Å². The fourth-order valence-corrected chi connectivity index (χ4v) is 2.09. The lowest BCUT2D eigenvalue weighted by Crippen LogP contribution is -2.55. The van der Waals surface area contributed by atoms with E-state index in [0.717, 1.165) is 23.1 Å². The highest BCUT2D eigenvalue weighted by Gasteiger charge is 2.33. The summed E-state index contributed by atoms with van der Waals surface area (Å²) in [5.74, 6) is -0.291. The van der Waals surface area contributed by atoms with Crippen LogP contribution in [0.5, 0.6) is 0 Å². The molecule has 2 rings (SSSR count). The summed E-state index contributed by atoms with van der Waals surface area (Å²) in [5, 5.41) is 0. The molecule has 1 aromatic rings. The molecule has 1 amide bonds. The average Bonchev–Trinajstić information content (AvgIpc) is 2.08. The minimum atomic E-state index is -0.291. The van der Waals surface area contributed by atoms with E-state index >= 15 is 0 Å². The third-order valence-corrected chi connectivity index (χ3v) is 3.14. The van der Waals surface area contributed by atoms with Crippen molar-refractivity contribution in [2.45, 2.75) is 12.5 Å². The molecule has 15 heavy (non-hydrogen) atoms. The third-order valence-electron chi connectivity index (χ3n) is 2.65. The zero-order valence-electron chi connectivity index (χ0n) is 8.11. The van der Waals surface area contributed by atoms with Gasteiger partial charge in [0.2, 0.25) is 5.91 Å². The van der Waals surface area contributed by atoms with Gasteiger partial charge in [-0.3, -0.25) is 4.79 Å². The summed E-state index contributed by atoms with van der Waals surface area (Å²) in [4.78, 5) is 13.0. The van der Waals surface area contributed by atoms with Gasteiger partial charge in [-0.25, -0.2) is 0 Å². The van der Waals surface area contributed by atoms with E-state index in [2.05, 4.69) is 15.9 Å². The summed E-state index contributed by atoms with van der Waals surface area (Å²) in [6.45, 7) is 0.828. The van der Waals surface area contributed by atoms with E-state index in [-0.39, 0.29) is 11.9 Å². The maximum absolute atomic E-state index is 11.1. The Kier molecular flexibility index (Phi) is 2.56. The van der Waals surface area contributed by atoms with E-state index in [9.17, 15) is 4.79 Å². The van der Waals surface area contributed by atoms with Crippen LogP contribution in [0.3, 0.4) is 0 Å². The fraction of sp³-hybridized carbons (Fsp3) is 0.300. The number of nitrogens with two attached hydrogens (primary N) is 2. The molecule has 5 heteroatoms. The van der Waals surface area contributed by atoms with Crippen molar-refractivity contribution < 1.29 is 4.79 Å². The summed E-state index contributed by atoms with van der Waals surface area (Å²) in [6.07, 6.45) is 0.807. The van der Waals surface area contributed by atoms with Gasteiger partial charge in [-0.15, -0.1) is 0 Å². The number of primary amides is 1. The Morgan fingerprint density at radius 2 is 2.27 bits per heavy atom. The molecular weight excluding hydrogens is 258 g/mol. The summed E-state index contributed by atoms with van der Waals surface area (Å²) in [7, 11) is 0. The van der Waals surface area contributed by atoms with Crippen LogP contribution in [-0.4, -0.2) is 18.5 Å². The smallest absolute Gasteiger partial charge is 0.240 e. The topological polar surface area (TPSA) is 72.4 Å². The van der Waals surface area contributed by atoms with Gasteiger partial charge >= 0.3 is 0 Å². The number of nitrogen functional groups attached to an aromatic ring is 1. The number of benzene rings is 1. The second kappa shape index (κ2) is 3.73. The molecule has 0 spiro atoms. The molecule has 0 radical (unpaired) electrons. The van der Waals surface area contributed by atoms with E-state index in [4.69, 9.17) is 11.5 Å². The monoisotopic (exact) mass is 269 g/mol. The Morgan fingerprint density at radius 3 is 2.80 bits per heavy atom. The first-order chi connectivity index (χ1) is 7.09. The Labute approximate surface area is 96.4 Å². The van der Waals surface area contributed by atoms with Crippen LogP contribution < -0.4 is 16.4 Å². The van der Waals surface area contributed by atoms with Gasteiger partial charge in [0.05, 0.1) is 11.4 Å². The molecule has 1 atom stereocenters. The second-order valence-electron chi connectivity index (χ2n) is 3.60. The molecule has 1 saturated heterocycles. The van der Waals surface area contributed by atoms with Crippen molar-refractivity contribution in [2.75, 3.05) is 17.2 Å². The van der Waals surface area contributed by atoms with Gasteiger partial charge in [-0.05, 0) is 24.6 Å². The van der Waals surface area contributed by atoms with Crippen LogP contribution in [0.4, 0.5) is 11.4 Å². The van der Waals surface area contributed by atoms with Crippen LogP contribution in [0.25, 0.3) is 0 Å². The van der Waals surface area contributed by atoms with E-state index in [1.807, 2.05) is 23.1 Å². The minimum Gasteiger partial charge on any atom is -0.397 e. The lowest BCUT2D eigenvalue weighted by molar-refractivity contribution is -0.120. The standard InChI is InChI=1S/C10H12BrN3O/c11-6-1-2-7(12)9(5-6)14-4-3-8(14)10(13)15/h1-2,5,8H,3-4,12H2,(H2,13,15). The molecule has 4 nitrogen and oxygen atoms in total. The first-order valence-corrected chi connectivity index (χ1v) is 5.50. The molecular formula is C10H12BrN3O. The quantitative estimate of drug-likeness (QED) is 0.790. The summed E-state index contributed by atoms with van der Waals surface area (Å²) in [5.41, 5.74) is 12.7. The van der Waals surface area contributed by atoms with Crippen LogP contribution in [0.15, 0.2) is 22.7 Å². The fourth-order valence-electron chi connectivity index (χ4n) is 1.74. The predicted octanol–water partition coefficient (Wildman–Crippen LogP) is 1.10. The largest absolute Gasteiger partial charge is 0.397 e. The lowest BCUT2D eigenvalue weighted by Gasteiger charge is -2.41. The van der Waals surface area contributed by atoms with Crippen LogP contribution in [-0.2, 0) is 4.79 Å². The first kappa shape index (κ1) is 10.3. The van der Waals surface area contributed by atoms with Crippen molar-refractivity contribution in [3.8, 4) is 0 Å². The van der Waals surface area contributed by atoms with E-state index in [0.29, 0.717) is 5.69 Å². The number of halogens is 1. The minimum absolute atomic E-state index is 0.207. The number of hydrogen-bond acceptors (Lipinski definition) is 3. The van der Waals surface area contributed by atoms with Crippen LogP contribution in [0.1, 0.15) is 6.42 Å². The molecule has 1 heterocycles. The van der Waals surface area contributed by atoms with Crippen molar-refractivity contribution in [1.29, 1.82) is 0 Å². The number of rotatable bonds is 2. The molecule has 1 unspecified atom stereocenters. The molecule has 4 N–H and O–H groups in total. The summed E-state index contributed by atoms with van der Waals surface area (Å²) in [6, 6.07) is 5.39. The van der Waals surface area contributed by atoms with E-state index < -0.39 is 0 Å². The summed E-state index contributed by atoms with van der Waals surface area (Å²) >= 11 is 3.38. The number of carbonyl (C=O) groups excluding carboxylic acids is 1. The Hall–Kier alpha value is -1.23. The van der Waals surface area contributed by atoms with Gasteiger partial charge in [-0.2, -0.15) is 0 Å². The van der Waals surface area contributed by atoms with Crippen molar-refractivity contribution in [3.63, 3.8) is 0 Å². The maximum atomic E-state index is 11.1. The van der Waals surface area contributed by atoms with Gasteiger partial charge in [0.1, 0.15) is 6.04 Å². The molecule has 1 aliphatic rings. The molecule has 0 aromatic heterocycles. The average molecular weight is 270 g/mol. The third kappa shape index (κ3) is 1.79. The van der Waals surface area contributed by atoms with Gasteiger partial charge in [-0.1, -0.05) is 15.9 Å².